The maximum atomic E-state index is 13.3. The molecule has 1 heterocycles. The van der Waals surface area contributed by atoms with E-state index < -0.39 is 29.9 Å². The summed E-state index contributed by atoms with van der Waals surface area (Å²) in [6.07, 6.45) is -0.182. The van der Waals surface area contributed by atoms with E-state index in [0.717, 1.165) is 4.68 Å². The minimum atomic E-state index is -2.68. The first-order valence-corrected chi connectivity index (χ1v) is 7.35. The Bertz CT molecular complexity index is 858. The van der Waals surface area contributed by atoms with E-state index in [1.54, 1.807) is 6.07 Å². The number of carboxylic acids is 1. The van der Waals surface area contributed by atoms with Gasteiger partial charge in [0, 0.05) is 11.8 Å². The van der Waals surface area contributed by atoms with E-state index in [0.29, 0.717) is 22.0 Å². The quantitative estimate of drug-likeness (QED) is 0.939. The molecule has 1 fully saturated rings. The molecule has 1 saturated carbocycles. The fourth-order valence-corrected chi connectivity index (χ4v) is 2.78. The van der Waals surface area contributed by atoms with Crippen LogP contribution in [-0.4, -0.2) is 26.8 Å². The van der Waals surface area contributed by atoms with Crippen molar-refractivity contribution in [2.75, 3.05) is 0 Å². The maximum absolute atomic E-state index is 13.3. The maximum Gasteiger partial charge on any atom is 0.325 e. The van der Waals surface area contributed by atoms with E-state index in [1.165, 1.54) is 12.1 Å². The number of carboxylic acid groups (broad SMARTS) is 1. The Kier molecular flexibility index (Phi) is 3.46. The molecule has 0 saturated heterocycles. The molecule has 0 amide bonds. The Labute approximate surface area is 130 Å². The summed E-state index contributed by atoms with van der Waals surface area (Å²) in [6.45, 7) is 3.18. The largest absolute Gasteiger partial charge is 0.480 e. The predicted octanol–water partition coefficient (Wildman–Crippen LogP) is 2.73. The van der Waals surface area contributed by atoms with Crippen molar-refractivity contribution in [3.05, 3.63) is 39.8 Å². The van der Waals surface area contributed by atoms with Gasteiger partial charge in [0.05, 0.1) is 17.0 Å². The number of hydrogen-bond acceptors (Lipinski definition) is 3. The molecule has 1 aliphatic carbocycles. The van der Waals surface area contributed by atoms with Gasteiger partial charge in [0.1, 0.15) is 6.54 Å². The Hall–Kier alpha value is -2.31. The zero-order valence-electron chi connectivity index (χ0n) is 12.7. The molecule has 0 bridgehead atoms. The molecule has 3 rings (SSSR count). The van der Waals surface area contributed by atoms with Crippen molar-refractivity contribution in [3.63, 3.8) is 0 Å². The predicted molar refractivity (Wildman–Crippen MR) is 80.0 cm³/mol. The van der Waals surface area contributed by atoms with Gasteiger partial charge in [-0.25, -0.2) is 13.5 Å². The summed E-state index contributed by atoms with van der Waals surface area (Å²) < 4.78 is 27.5. The fourth-order valence-electron chi connectivity index (χ4n) is 2.78. The molecule has 1 aromatic heterocycles. The summed E-state index contributed by atoms with van der Waals surface area (Å²) in [5, 5.41) is 13.8. The second kappa shape index (κ2) is 5.11. The molecule has 7 heteroatoms. The monoisotopic (exact) mass is 322 g/mol. The van der Waals surface area contributed by atoms with Crippen molar-refractivity contribution in [2.24, 2.45) is 0 Å². The lowest BCUT2D eigenvalue weighted by Gasteiger charge is -2.13. The Morgan fingerprint density at radius 1 is 1.43 bits per heavy atom. The van der Waals surface area contributed by atoms with Gasteiger partial charge in [0.25, 0.3) is 11.5 Å². The van der Waals surface area contributed by atoms with E-state index in [1.807, 2.05) is 13.8 Å². The highest BCUT2D eigenvalue weighted by Gasteiger charge is 2.57. The summed E-state index contributed by atoms with van der Waals surface area (Å²) in [7, 11) is 0. The van der Waals surface area contributed by atoms with Gasteiger partial charge in [-0.15, -0.1) is 0 Å². The zero-order valence-corrected chi connectivity index (χ0v) is 12.7. The number of fused-ring (bicyclic) bond motifs is 1. The van der Waals surface area contributed by atoms with Crippen LogP contribution in [-0.2, 0) is 11.3 Å². The highest BCUT2D eigenvalue weighted by atomic mass is 19.3. The number of alkyl halides is 2. The van der Waals surface area contributed by atoms with Crippen molar-refractivity contribution in [2.45, 2.75) is 44.6 Å². The summed E-state index contributed by atoms with van der Waals surface area (Å²) >= 11 is 0. The lowest BCUT2D eigenvalue weighted by atomic mass is 9.99. The SMILES string of the molecule is CC(C)c1nn(CC(=O)O)c(=O)c2ccc(C3CC3(F)F)cc12. The minimum absolute atomic E-state index is 0.0758. The Balaban J connectivity index is 2.21. The minimum Gasteiger partial charge on any atom is -0.480 e. The van der Waals surface area contributed by atoms with Gasteiger partial charge < -0.3 is 5.11 Å². The zero-order chi connectivity index (χ0) is 16.9. The van der Waals surface area contributed by atoms with Gasteiger partial charge >= 0.3 is 5.97 Å². The number of aromatic nitrogens is 2. The molecule has 5 nitrogen and oxygen atoms in total. The van der Waals surface area contributed by atoms with Crippen LogP contribution in [0.5, 0.6) is 0 Å². The molecule has 0 aliphatic heterocycles. The number of hydrogen-bond donors (Lipinski definition) is 1. The molecule has 1 aromatic carbocycles. The number of halogens is 2. The van der Waals surface area contributed by atoms with Crippen LogP contribution in [0.1, 0.15) is 43.4 Å². The first-order valence-electron chi connectivity index (χ1n) is 7.35. The van der Waals surface area contributed by atoms with Crippen LogP contribution in [0.3, 0.4) is 0 Å². The van der Waals surface area contributed by atoms with Crippen molar-refractivity contribution in [1.29, 1.82) is 0 Å². The smallest absolute Gasteiger partial charge is 0.325 e. The molecule has 0 spiro atoms. The summed E-state index contributed by atoms with van der Waals surface area (Å²) in [4.78, 5) is 23.2. The van der Waals surface area contributed by atoms with Crippen molar-refractivity contribution >= 4 is 16.7 Å². The van der Waals surface area contributed by atoms with Crippen LogP contribution in [0.4, 0.5) is 8.78 Å². The number of carbonyl (C=O) groups is 1. The molecule has 1 N–H and O–H groups in total. The Morgan fingerprint density at radius 2 is 2.09 bits per heavy atom. The molecule has 2 aromatic rings. The lowest BCUT2D eigenvalue weighted by Crippen LogP contribution is -2.28. The molecule has 1 unspecified atom stereocenters. The molecular formula is C16H16F2N2O3. The topological polar surface area (TPSA) is 72.2 Å². The van der Waals surface area contributed by atoms with Crippen LogP contribution >= 0.6 is 0 Å². The van der Waals surface area contributed by atoms with Gasteiger partial charge in [-0.1, -0.05) is 19.9 Å². The second-order valence-corrected chi connectivity index (χ2v) is 6.22. The van der Waals surface area contributed by atoms with Crippen LogP contribution in [0.2, 0.25) is 0 Å². The van der Waals surface area contributed by atoms with E-state index in [2.05, 4.69) is 5.10 Å². The molecule has 1 aliphatic rings. The summed E-state index contributed by atoms with van der Waals surface area (Å²) in [5.74, 6) is -4.73. The molecule has 0 radical (unpaired) electrons. The van der Waals surface area contributed by atoms with Gasteiger partial charge in [-0.3, -0.25) is 9.59 Å². The van der Waals surface area contributed by atoms with Crippen molar-refractivity contribution in [3.8, 4) is 0 Å². The van der Waals surface area contributed by atoms with Crippen molar-refractivity contribution in [1.82, 2.24) is 9.78 Å². The number of nitrogens with zero attached hydrogens (tertiary/aromatic N) is 2. The van der Waals surface area contributed by atoms with Crippen molar-refractivity contribution < 1.29 is 18.7 Å². The average Bonchev–Trinajstić information content (AvgIpc) is 3.09. The third kappa shape index (κ3) is 2.71. The first kappa shape index (κ1) is 15.6. The van der Waals surface area contributed by atoms with E-state index in [9.17, 15) is 18.4 Å². The van der Waals surface area contributed by atoms with Gasteiger partial charge in [-0.05, 0) is 23.6 Å². The Morgan fingerprint density at radius 3 is 2.61 bits per heavy atom. The van der Waals surface area contributed by atoms with Gasteiger partial charge in [0.15, 0.2) is 0 Å². The number of aliphatic carboxylic acids is 1. The molecule has 23 heavy (non-hydrogen) atoms. The first-order chi connectivity index (χ1) is 10.7. The summed E-state index contributed by atoms with van der Waals surface area (Å²) in [6, 6.07) is 4.60. The van der Waals surface area contributed by atoms with E-state index >= 15 is 0 Å². The second-order valence-electron chi connectivity index (χ2n) is 6.22. The number of rotatable bonds is 4. The highest BCUT2D eigenvalue weighted by molar-refractivity contribution is 5.85. The van der Waals surface area contributed by atoms with E-state index in [-0.39, 0.29) is 12.3 Å². The standard InChI is InChI=1S/C16H16F2N2O3/c1-8(2)14-11-5-9(12-6-16(12,17)18)3-4-10(11)15(23)20(19-14)7-13(21)22/h3-5,8,12H,6-7H2,1-2H3,(H,21,22). The van der Waals surface area contributed by atoms with E-state index in [4.69, 9.17) is 5.11 Å². The molecule has 1 atom stereocenters. The van der Waals surface area contributed by atoms with Crippen LogP contribution < -0.4 is 5.56 Å². The molecular weight excluding hydrogens is 306 g/mol. The van der Waals surface area contributed by atoms with Crippen LogP contribution in [0.25, 0.3) is 10.8 Å². The third-order valence-electron chi connectivity index (χ3n) is 4.07. The van der Waals surface area contributed by atoms with Crippen LogP contribution in [0, 0.1) is 0 Å². The third-order valence-corrected chi connectivity index (χ3v) is 4.07. The highest BCUT2D eigenvalue weighted by Crippen LogP contribution is 2.55. The number of benzene rings is 1. The summed E-state index contributed by atoms with van der Waals surface area (Å²) in [5.41, 5.74) is 0.495. The molecule has 122 valence electrons. The average molecular weight is 322 g/mol. The van der Waals surface area contributed by atoms with Gasteiger partial charge in [-0.2, -0.15) is 5.10 Å². The van der Waals surface area contributed by atoms with Crippen LogP contribution in [0.15, 0.2) is 23.0 Å². The normalized spacial score (nSPS) is 19.3. The lowest BCUT2D eigenvalue weighted by molar-refractivity contribution is -0.138. The van der Waals surface area contributed by atoms with Gasteiger partial charge in [0.2, 0.25) is 0 Å². The fraction of sp³-hybridized carbons (Fsp3) is 0.438.